The number of nitrogens with one attached hydrogen (secondary N) is 1. The smallest absolute Gasteiger partial charge is 0.119 e. The van der Waals surface area contributed by atoms with Crippen molar-refractivity contribution < 1.29 is 4.74 Å². The highest BCUT2D eigenvalue weighted by Gasteiger charge is 2.10. The fourth-order valence-electron chi connectivity index (χ4n) is 2.38. The summed E-state index contributed by atoms with van der Waals surface area (Å²) in [5.74, 6) is 0.956. The highest BCUT2D eigenvalue weighted by molar-refractivity contribution is 7.12. The van der Waals surface area contributed by atoms with Crippen LogP contribution in [0.25, 0.3) is 0 Å². The van der Waals surface area contributed by atoms with Crippen molar-refractivity contribution in [2.24, 2.45) is 0 Å². The SMILES string of the molecule is CCCOc1ccc(CNC(C)c2cc(C)sc2C)cc1. The molecule has 1 unspecified atom stereocenters. The van der Waals surface area contributed by atoms with Gasteiger partial charge in [0.1, 0.15) is 5.75 Å². The minimum absolute atomic E-state index is 0.381. The number of hydrogen-bond donors (Lipinski definition) is 1. The van der Waals surface area contributed by atoms with E-state index in [2.05, 4.69) is 63.3 Å². The second-order valence-electron chi connectivity index (χ2n) is 5.46. The van der Waals surface area contributed by atoms with Gasteiger partial charge >= 0.3 is 0 Å². The van der Waals surface area contributed by atoms with Gasteiger partial charge in [0.25, 0.3) is 0 Å². The molecule has 1 N–H and O–H groups in total. The molecule has 2 rings (SSSR count). The number of ether oxygens (including phenoxy) is 1. The lowest BCUT2D eigenvalue weighted by molar-refractivity contribution is 0.317. The first-order valence-electron chi connectivity index (χ1n) is 7.62. The lowest BCUT2D eigenvalue weighted by Crippen LogP contribution is -2.18. The van der Waals surface area contributed by atoms with Gasteiger partial charge in [-0.3, -0.25) is 0 Å². The summed E-state index contributed by atoms with van der Waals surface area (Å²) in [6, 6.07) is 11.0. The first-order chi connectivity index (χ1) is 10.1. The minimum atomic E-state index is 0.381. The number of thiophene rings is 1. The topological polar surface area (TPSA) is 21.3 Å². The molecule has 1 aromatic heterocycles. The molecule has 3 heteroatoms. The Morgan fingerprint density at radius 3 is 2.48 bits per heavy atom. The van der Waals surface area contributed by atoms with Crippen molar-refractivity contribution >= 4 is 11.3 Å². The Kier molecular flexibility index (Phi) is 5.83. The van der Waals surface area contributed by atoms with E-state index < -0.39 is 0 Å². The van der Waals surface area contributed by atoms with E-state index in [1.807, 2.05) is 11.3 Å². The zero-order valence-corrected chi connectivity index (χ0v) is 14.2. The van der Waals surface area contributed by atoms with Crippen molar-refractivity contribution in [2.75, 3.05) is 6.61 Å². The number of rotatable bonds is 7. The van der Waals surface area contributed by atoms with Gasteiger partial charge in [-0.2, -0.15) is 0 Å². The lowest BCUT2D eigenvalue weighted by atomic mass is 10.1. The summed E-state index contributed by atoms with van der Waals surface area (Å²) in [7, 11) is 0. The van der Waals surface area contributed by atoms with Gasteiger partial charge in [0.15, 0.2) is 0 Å². The molecule has 21 heavy (non-hydrogen) atoms. The summed E-state index contributed by atoms with van der Waals surface area (Å²) < 4.78 is 5.60. The molecule has 114 valence electrons. The van der Waals surface area contributed by atoms with Gasteiger partial charge < -0.3 is 10.1 Å². The summed E-state index contributed by atoms with van der Waals surface area (Å²) in [6.45, 7) is 10.4. The van der Waals surface area contributed by atoms with E-state index in [4.69, 9.17) is 4.74 Å². The predicted molar refractivity (Wildman–Crippen MR) is 91.3 cm³/mol. The van der Waals surface area contributed by atoms with Crippen LogP contribution < -0.4 is 10.1 Å². The largest absolute Gasteiger partial charge is 0.494 e. The standard InChI is InChI=1S/C18H25NOS/c1-5-10-20-17-8-6-16(7-9-17)12-19-14(3)18-11-13(2)21-15(18)4/h6-9,11,14,19H,5,10,12H2,1-4H3. The van der Waals surface area contributed by atoms with Gasteiger partial charge in [-0.05, 0) is 56.5 Å². The Hall–Kier alpha value is -1.32. The average Bonchev–Trinajstić information content (AvgIpc) is 2.82. The molecule has 0 amide bonds. The van der Waals surface area contributed by atoms with Crippen LogP contribution in [-0.4, -0.2) is 6.61 Å². The lowest BCUT2D eigenvalue weighted by Gasteiger charge is -2.14. The molecule has 1 heterocycles. The van der Waals surface area contributed by atoms with Crippen LogP contribution in [0.5, 0.6) is 5.75 Å². The van der Waals surface area contributed by atoms with Gasteiger partial charge in [-0.25, -0.2) is 0 Å². The highest BCUT2D eigenvalue weighted by Crippen LogP contribution is 2.26. The second kappa shape index (κ2) is 7.62. The molecule has 0 spiro atoms. The van der Waals surface area contributed by atoms with Crippen LogP contribution >= 0.6 is 11.3 Å². The van der Waals surface area contributed by atoms with E-state index in [0.717, 1.165) is 25.3 Å². The Labute approximate surface area is 132 Å². The molecule has 0 aliphatic rings. The maximum absolute atomic E-state index is 5.60. The van der Waals surface area contributed by atoms with Gasteiger partial charge in [0.05, 0.1) is 6.61 Å². The van der Waals surface area contributed by atoms with Crippen molar-refractivity contribution in [2.45, 2.75) is 46.7 Å². The summed E-state index contributed by atoms with van der Waals surface area (Å²) in [5, 5.41) is 3.60. The fourth-order valence-corrected chi connectivity index (χ4v) is 3.41. The maximum atomic E-state index is 5.60. The van der Waals surface area contributed by atoms with Crippen LogP contribution in [0.1, 0.15) is 47.2 Å². The number of aryl methyl sites for hydroxylation is 2. The van der Waals surface area contributed by atoms with E-state index in [0.29, 0.717) is 6.04 Å². The van der Waals surface area contributed by atoms with Crippen LogP contribution in [0.2, 0.25) is 0 Å². The maximum Gasteiger partial charge on any atom is 0.119 e. The Morgan fingerprint density at radius 2 is 1.90 bits per heavy atom. The van der Waals surface area contributed by atoms with Gasteiger partial charge in [0, 0.05) is 22.3 Å². The van der Waals surface area contributed by atoms with Crippen LogP contribution in [0.3, 0.4) is 0 Å². The number of hydrogen-bond acceptors (Lipinski definition) is 3. The van der Waals surface area contributed by atoms with E-state index >= 15 is 0 Å². The zero-order chi connectivity index (χ0) is 15.2. The van der Waals surface area contributed by atoms with Crippen molar-refractivity contribution in [3.8, 4) is 5.75 Å². The van der Waals surface area contributed by atoms with Crippen LogP contribution in [0.15, 0.2) is 30.3 Å². The third kappa shape index (κ3) is 4.58. The minimum Gasteiger partial charge on any atom is -0.494 e. The van der Waals surface area contributed by atoms with Crippen LogP contribution in [-0.2, 0) is 6.54 Å². The Morgan fingerprint density at radius 1 is 1.19 bits per heavy atom. The first kappa shape index (κ1) is 16.1. The first-order valence-corrected chi connectivity index (χ1v) is 8.44. The van der Waals surface area contributed by atoms with E-state index in [-0.39, 0.29) is 0 Å². The van der Waals surface area contributed by atoms with Crippen molar-refractivity contribution in [1.82, 2.24) is 5.32 Å². The molecule has 2 aromatic rings. The predicted octanol–water partition coefficient (Wildman–Crippen LogP) is 5.00. The second-order valence-corrected chi connectivity index (χ2v) is 6.92. The molecule has 0 fully saturated rings. The summed E-state index contributed by atoms with van der Waals surface area (Å²) in [6.07, 6.45) is 1.04. The Bertz CT molecular complexity index is 559. The molecule has 2 nitrogen and oxygen atoms in total. The van der Waals surface area contributed by atoms with Crippen LogP contribution in [0.4, 0.5) is 0 Å². The summed E-state index contributed by atoms with van der Waals surface area (Å²) in [5.41, 5.74) is 2.70. The molecular weight excluding hydrogens is 278 g/mol. The summed E-state index contributed by atoms with van der Waals surface area (Å²) in [4.78, 5) is 2.80. The molecule has 0 saturated heterocycles. The Balaban J connectivity index is 1.89. The third-order valence-corrected chi connectivity index (χ3v) is 4.54. The quantitative estimate of drug-likeness (QED) is 0.776. The molecule has 0 radical (unpaired) electrons. The van der Waals surface area contributed by atoms with E-state index in [1.165, 1.54) is 20.9 Å². The summed E-state index contributed by atoms with van der Waals surface area (Å²) >= 11 is 1.87. The third-order valence-electron chi connectivity index (χ3n) is 3.55. The normalized spacial score (nSPS) is 12.4. The van der Waals surface area contributed by atoms with Gasteiger partial charge in [-0.1, -0.05) is 19.1 Å². The number of benzene rings is 1. The van der Waals surface area contributed by atoms with Crippen LogP contribution in [0, 0.1) is 13.8 Å². The molecule has 0 bridgehead atoms. The van der Waals surface area contributed by atoms with Crippen molar-refractivity contribution in [3.63, 3.8) is 0 Å². The fraction of sp³-hybridized carbons (Fsp3) is 0.444. The average molecular weight is 303 g/mol. The van der Waals surface area contributed by atoms with Crippen molar-refractivity contribution in [3.05, 3.63) is 51.2 Å². The monoisotopic (exact) mass is 303 g/mol. The van der Waals surface area contributed by atoms with E-state index in [9.17, 15) is 0 Å². The van der Waals surface area contributed by atoms with Gasteiger partial charge in [0.2, 0.25) is 0 Å². The zero-order valence-electron chi connectivity index (χ0n) is 13.4. The highest BCUT2D eigenvalue weighted by atomic mass is 32.1. The van der Waals surface area contributed by atoms with Crippen molar-refractivity contribution in [1.29, 1.82) is 0 Å². The molecule has 1 atom stereocenters. The molecule has 0 aliphatic carbocycles. The molecular formula is C18H25NOS. The molecule has 1 aromatic carbocycles. The van der Waals surface area contributed by atoms with E-state index in [1.54, 1.807) is 0 Å². The molecule has 0 saturated carbocycles. The van der Waals surface area contributed by atoms with Gasteiger partial charge in [-0.15, -0.1) is 11.3 Å². The molecule has 0 aliphatic heterocycles.